The van der Waals surface area contributed by atoms with Crippen molar-refractivity contribution >= 4 is 17.5 Å². The first kappa shape index (κ1) is 15.5. The third-order valence-corrected chi connectivity index (χ3v) is 4.09. The van der Waals surface area contributed by atoms with Crippen LogP contribution in [0.4, 0.5) is 5.69 Å². The van der Waals surface area contributed by atoms with Gasteiger partial charge in [0.25, 0.3) is 0 Å². The zero-order valence-corrected chi connectivity index (χ0v) is 12.3. The Morgan fingerprint density at radius 3 is 2.67 bits per heavy atom. The molecule has 0 heterocycles. The molecule has 0 spiro atoms. The minimum absolute atomic E-state index is 0.0537. The smallest absolute Gasteiger partial charge is 0.246 e. The van der Waals surface area contributed by atoms with E-state index in [4.69, 9.17) is 5.73 Å². The molecule has 114 valence electrons. The maximum Gasteiger partial charge on any atom is 0.246 e. The van der Waals surface area contributed by atoms with Crippen molar-refractivity contribution in [3.63, 3.8) is 0 Å². The molecule has 3 atom stereocenters. The van der Waals surface area contributed by atoms with Crippen LogP contribution < -0.4 is 16.4 Å². The summed E-state index contributed by atoms with van der Waals surface area (Å²) in [6.07, 6.45) is 2.89. The molecular weight excluding hydrogens is 266 g/mol. The quantitative estimate of drug-likeness (QED) is 0.768. The van der Waals surface area contributed by atoms with Crippen LogP contribution in [0.5, 0.6) is 0 Å². The van der Waals surface area contributed by atoms with Crippen molar-refractivity contribution in [1.82, 2.24) is 5.32 Å². The first-order chi connectivity index (χ1) is 10.1. The Morgan fingerprint density at radius 1 is 1.29 bits per heavy atom. The Morgan fingerprint density at radius 2 is 2.00 bits per heavy atom. The zero-order valence-electron chi connectivity index (χ0n) is 12.3. The fraction of sp³-hybridized carbons (Fsp3) is 0.500. The second kappa shape index (κ2) is 7.22. The second-order valence-electron chi connectivity index (χ2n) is 5.62. The number of nitrogens with one attached hydrogen (secondary N) is 2. The Kier molecular flexibility index (Phi) is 5.33. The monoisotopic (exact) mass is 289 g/mol. The van der Waals surface area contributed by atoms with Crippen molar-refractivity contribution in [2.75, 3.05) is 11.9 Å². The SMILES string of the molecule is CC(NC(=O)[C@@H]1CCC[C@@H]1CN)C(=O)Nc1ccccc1. The van der Waals surface area contributed by atoms with Gasteiger partial charge in [0.15, 0.2) is 0 Å². The van der Waals surface area contributed by atoms with E-state index in [1.807, 2.05) is 30.3 Å². The summed E-state index contributed by atoms with van der Waals surface area (Å²) in [7, 11) is 0. The molecule has 0 aliphatic heterocycles. The maximum atomic E-state index is 12.2. The average molecular weight is 289 g/mol. The van der Waals surface area contributed by atoms with E-state index in [0.717, 1.165) is 24.9 Å². The summed E-state index contributed by atoms with van der Waals surface area (Å²) in [6.45, 7) is 2.23. The fourth-order valence-corrected chi connectivity index (χ4v) is 2.82. The van der Waals surface area contributed by atoms with Crippen LogP contribution in [0, 0.1) is 11.8 Å². The highest BCUT2D eigenvalue weighted by molar-refractivity contribution is 5.97. The van der Waals surface area contributed by atoms with Crippen LogP contribution in [0.1, 0.15) is 26.2 Å². The van der Waals surface area contributed by atoms with Crippen LogP contribution in [0.25, 0.3) is 0 Å². The Bertz CT molecular complexity index is 490. The van der Waals surface area contributed by atoms with Gasteiger partial charge in [-0.3, -0.25) is 9.59 Å². The lowest BCUT2D eigenvalue weighted by Crippen LogP contribution is -2.45. The summed E-state index contributed by atoms with van der Waals surface area (Å²) < 4.78 is 0. The summed E-state index contributed by atoms with van der Waals surface area (Å²) in [5, 5.41) is 5.58. The zero-order chi connectivity index (χ0) is 15.2. The van der Waals surface area contributed by atoms with Crippen LogP contribution in [0.15, 0.2) is 30.3 Å². The number of para-hydroxylation sites is 1. The van der Waals surface area contributed by atoms with E-state index < -0.39 is 6.04 Å². The molecule has 0 aromatic heterocycles. The molecule has 0 saturated heterocycles. The Labute approximate surface area is 125 Å². The maximum absolute atomic E-state index is 12.2. The van der Waals surface area contributed by atoms with E-state index in [1.165, 1.54) is 0 Å². The van der Waals surface area contributed by atoms with E-state index in [2.05, 4.69) is 10.6 Å². The van der Waals surface area contributed by atoms with Crippen LogP contribution >= 0.6 is 0 Å². The third kappa shape index (κ3) is 4.04. The van der Waals surface area contributed by atoms with Gasteiger partial charge in [0.2, 0.25) is 11.8 Å². The number of carbonyl (C=O) groups excluding carboxylic acids is 2. The summed E-state index contributed by atoms with van der Waals surface area (Å²) >= 11 is 0. The number of anilines is 1. The molecule has 1 aromatic rings. The van der Waals surface area contributed by atoms with Crippen molar-refractivity contribution in [2.45, 2.75) is 32.2 Å². The van der Waals surface area contributed by atoms with E-state index in [-0.39, 0.29) is 23.7 Å². The van der Waals surface area contributed by atoms with Crippen LogP contribution in [0.3, 0.4) is 0 Å². The van der Waals surface area contributed by atoms with Gasteiger partial charge in [-0.2, -0.15) is 0 Å². The normalized spacial score (nSPS) is 22.6. The molecule has 5 heteroatoms. The highest BCUT2D eigenvalue weighted by Gasteiger charge is 2.33. The molecule has 2 rings (SSSR count). The topological polar surface area (TPSA) is 84.2 Å². The molecule has 1 aliphatic carbocycles. The summed E-state index contributed by atoms with van der Waals surface area (Å²) in [5.41, 5.74) is 6.42. The van der Waals surface area contributed by atoms with Gasteiger partial charge >= 0.3 is 0 Å². The average Bonchev–Trinajstić information content (AvgIpc) is 2.96. The largest absolute Gasteiger partial charge is 0.344 e. The Balaban J connectivity index is 1.87. The standard InChI is InChI=1S/C16H23N3O2/c1-11(15(20)19-13-7-3-2-4-8-13)18-16(21)14-9-5-6-12(14)10-17/h2-4,7-8,11-12,14H,5-6,9-10,17H2,1H3,(H,18,21)(H,19,20)/t11?,12-,14-/m1/s1. The first-order valence-corrected chi connectivity index (χ1v) is 7.48. The highest BCUT2D eigenvalue weighted by atomic mass is 16.2. The number of carbonyl (C=O) groups is 2. The molecule has 0 bridgehead atoms. The van der Waals surface area contributed by atoms with Gasteiger partial charge in [0.1, 0.15) is 6.04 Å². The predicted octanol–water partition coefficient (Wildman–Crippen LogP) is 1.50. The molecule has 2 amide bonds. The molecule has 1 unspecified atom stereocenters. The van der Waals surface area contributed by atoms with Gasteiger partial charge in [0.05, 0.1) is 0 Å². The second-order valence-corrected chi connectivity index (χ2v) is 5.62. The summed E-state index contributed by atoms with van der Waals surface area (Å²) in [4.78, 5) is 24.3. The molecular formula is C16H23N3O2. The van der Waals surface area contributed by atoms with Gasteiger partial charge < -0.3 is 16.4 Å². The highest BCUT2D eigenvalue weighted by Crippen LogP contribution is 2.31. The number of hydrogen-bond acceptors (Lipinski definition) is 3. The Hall–Kier alpha value is -1.88. The molecule has 1 aromatic carbocycles. The van der Waals surface area contributed by atoms with Crippen LogP contribution in [-0.4, -0.2) is 24.4 Å². The lowest BCUT2D eigenvalue weighted by Gasteiger charge is -2.20. The van der Waals surface area contributed by atoms with Gasteiger partial charge in [-0.25, -0.2) is 0 Å². The lowest BCUT2D eigenvalue weighted by molar-refractivity contribution is -0.129. The number of nitrogens with two attached hydrogens (primary N) is 1. The number of rotatable bonds is 5. The molecule has 4 N–H and O–H groups in total. The third-order valence-electron chi connectivity index (χ3n) is 4.09. The van der Waals surface area contributed by atoms with E-state index >= 15 is 0 Å². The van der Waals surface area contributed by atoms with Crippen molar-refractivity contribution < 1.29 is 9.59 Å². The van der Waals surface area contributed by atoms with E-state index in [9.17, 15) is 9.59 Å². The molecule has 1 saturated carbocycles. The van der Waals surface area contributed by atoms with Crippen molar-refractivity contribution in [2.24, 2.45) is 17.6 Å². The summed E-state index contributed by atoms with van der Waals surface area (Å²) in [5.74, 6) is -0.0770. The van der Waals surface area contributed by atoms with Gasteiger partial charge in [-0.1, -0.05) is 24.6 Å². The molecule has 1 aliphatic rings. The molecule has 21 heavy (non-hydrogen) atoms. The van der Waals surface area contributed by atoms with Crippen LogP contribution in [-0.2, 0) is 9.59 Å². The molecule has 1 fully saturated rings. The van der Waals surface area contributed by atoms with E-state index in [1.54, 1.807) is 6.92 Å². The minimum atomic E-state index is -0.559. The van der Waals surface area contributed by atoms with Crippen LogP contribution in [0.2, 0.25) is 0 Å². The van der Waals surface area contributed by atoms with Crippen molar-refractivity contribution in [3.8, 4) is 0 Å². The van der Waals surface area contributed by atoms with Gasteiger partial charge in [0, 0.05) is 11.6 Å². The first-order valence-electron chi connectivity index (χ1n) is 7.48. The number of benzene rings is 1. The molecule has 5 nitrogen and oxygen atoms in total. The van der Waals surface area contributed by atoms with Crippen molar-refractivity contribution in [3.05, 3.63) is 30.3 Å². The summed E-state index contributed by atoms with van der Waals surface area (Å²) in [6, 6.07) is 8.65. The lowest BCUT2D eigenvalue weighted by atomic mass is 9.95. The van der Waals surface area contributed by atoms with Gasteiger partial charge in [-0.15, -0.1) is 0 Å². The number of hydrogen-bond donors (Lipinski definition) is 3. The molecule has 0 radical (unpaired) electrons. The minimum Gasteiger partial charge on any atom is -0.344 e. The number of amides is 2. The van der Waals surface area contributed by atoms with E-state index in [0.29, 0.717) is 6.54 Å². The predicted molar refractivity (Wildman–Crippen MR) is 82.6 cm³/mol. The fourth-order valence-electron chi connectivity index (χ4n) is 2.82. The van der Waals surface area contributed by atoms with Crippen molar-refractivity contribution in [1.29, 1.82) is 0 Å². The van der Waals surface area contributed by atoms with Gasteiger partial charge in [-0.05, 0) is 44.4 Å².